The van der Waals surface area contributed by atoms with Crippen LogP contribution in [0.5, 0.6) is 5.75 Å². The van der Waals surface area contributed by atoms with Crippen LogP contribution in [-0.2, 0) is 18.6 Å². The molecule has 2 aromatic rings. The molecule has 0 radical (unpaired) electrons. The third-order valence-electron chi connectivity index (χ3n) is 3.68. The SMILES string of the molecule is CCn1nc(C)c(Cl)c1CC(C)(O)c1ccc(OC)cc1. The lowest BCUT2D eigenvalue weighted by molar-refractivity contribution is 0.0554. The number of benzene rings is 1. The van der Waals surface area contributed by atoms with Gasteiger partial charge in [0, 0.05) is 13.0 Å². The van der Waals surface area contributed by atoms with E-state index < -0.39 is 5.60 Å². The Hall–Kier alpha value is -1.52. The summed E-state index contributed by atoms with van der Waals surface area (Å²) >= 11 is 6.32. The molecule has 1 atom stereocenters. The van der Waals surface area contributed by atoms with Crippen LogP contribution in [0.2, 0.25) is 5.02 Å². The molecule has 2 rings (SSSR count). The molecule has 0 saturated carbocycles. The Bertz CT molecular complexity index is 618. The van der Waals surface area contributed by atoms with Crippen LogP contribution in [0.4, 0.5) is 0 Å². The van der Waals surface area contributed by atoms with Gasteiger partial charge < -0.3 is 9.84 Å². The van der Waals surface area contributed by atoms with Gasteiger partial charge in [-0.1, -0.05) is 23.7 Å². The molecule has 114 valence electrons. The lowest BCUT2D eigenvalue weighted by Crippen LogP contribution is -2.26. The van der Waals surface area contributed by atoms with E-state index in [9.17, 15) is 5.11 Å². The molecule has 1 heterocycles. The van der Waals surface area contributed by atoms with Crippen molar-refractivity contribution >= 4 is 11.6 Å². The van der Waals surface area contributed by atoms with E-state index in [0.717, 1.165) is 29.2 Å². The Labute approximate surface area is 130 Å². The van der Waals surface area contributed by atoms with Crippen molar-refractivity contribution in [3.63, 3.8) is 0 Å². The van der Waals surface area contributed by atoms with Gasteiger partial charge in [-0.25, -0.2) is 0 Å². The van der Waals surface area contributed by atoms with Gasteiger partial charge >= 0.3 is 0 Å². The normalized spacial score (nSPS) is 14.0. The van der Waals surface area contributed by atoms with Crippen LogP contribution >= 0.6 is 11.6 Å². The highest BCUT2D eigenvalue weighted by atomic mass is 35.5. The number of aromatic nitrogens is 2. The maximum absolute atomic E-state index is 10.8. The highest BCUT2D eigenvalue weighted by Crippen LogP contribution is 2.31. The fourth-order valence-electron chi connectivity index (χ4n) is 2.42. The average molecular weight is 309 g/mol. The van der Waals surface area contributed by atoms with Crippen molar-refractivity contribution in [3.05, 3.63) is 46.2 Å². The zero-order chi connectivity index (χ0) is 15.6. The summed E-state index contributed by atoms with van der Waals surface area (Å²) < 4.78 is 6.99. The van der Waals surface area contributed by atoms with Crippen LogP contribution < -0.4 is 4.74 Å². The predicted octanol–water partition coefficient (Wildman–Crippen LogP) is 3.32. The maximum Gasteiger partial charge on any atom is 0.118 e. The van der Waals surface area contributed by atoms with E-state index in [0.29, 0.717) is 11.4 Å². The number of hydrogen-bond donors (Lipinski definition) is 1. The van der Waals surface area contributed by atoms with E-state index in [1.165, 1.54) is 0 Å². The first-order valence-electron chi connectivity index (χ1n) is 6.97. The number of nitrogens with zero attached hydrogens (tertiary/aromatic N) is 2. The minimum atomic E-state index is -1.02. The third kappa shape index (κ3) is 3.22. The molecule has 1 N–H and O–H groups in total. The van der Waals surface area contributed by atoms with Gasteiger partial charge in [-0.2, -0.15) is 5.10 Å². The second-order valence-electron chi connectivity index (χ2n) is 5.34. The molecule has 1 aromatic carbocycles. The summed E-state index contributed by atoms with van der Waals surface area (Å²) in [7, 11) is 1.62. The molecule has 21 heavy (non-hydrogen) atoms. The van der Waals surface area contributed by atoms with Crippen LogP contribution in [0.3, 0.4) is 0 Å². The molecule has 1 aromatic heterocycles. The average Bonchev–Trinajstić information content (AvgIpc) is 2.74. The molecule has 0 bridgehead atoms. The van der Waals surface area contributed by atoms with Crippen molar-refractivity contribution in [1.82, 2.24) is 9.78 Å². The molecule has 0 saturated heterocycles. The summed E-state index contributed by atoms with van der Waals surface area (Å²) in [5.41, 5.74) is 1.45. The van der Waals surface area contributed by atoms with E-state index in [1.54, 1.807) is 14.0 Å². The molecule has 0 aliphatic carbocycles. The van der Waals surface area contributed by atoms with Gasteiger partial charge in [-0.3, -0.25) is 4.68 Å². The van der Waals surface area contributed by atoms with Gasteiger partial charge in [0.1, 0.15) is 5.75 Å². The van der Waals surface area contributed by atoms with Gasteiger partial charge in [0.25, 0.3) is 0 Å². The lowest BCUT2D eigenvalue weighted by atomic mass is 9.91. The predicted molar refractivity (Wildman–Crippen MR) is 83.9 cm³/mol. The summed E-state index contributed by atoms with van der Waals surface area (Å²) in [5, 5.41) is 15.8. The fraction of sp³-hybridized carbons (Fsp3) is 0.438. The first-order valence-corrected chi connectivity index (χ1v) is 7.35. The smallest absolute Gasteiger partial charge is 0.118 e. The first-order chi connectivity index (χ1) is 9.89. The summed E-state index contributed by atoms with van der Waals surface area (Å²) in [6, 6.07) is 7.42. The van der Waals surface area contributed by atoms with Gasteiger partial charge in [0.05, 0.1) is 29.1 Å². The fourth-order valence-corrected chi connectivity index (χ4v) is 2.62. The Balaban J connectivity index is 2.32. The molecule has 0 aliphatic rings. The van der Waals surface area contributed by atoms with Gasteiger partial charge in [-0.05, 0) is 38.5 Å². The molecule has 0 fully saturated rings. The Morgan fingerprint density at radius 3 is 2.48 bits per heavy atom. The summed E-state index contributed by atoms with van der Waals surface area (Å²) in [4.78, 5) is 0. The van der Waals surface area contributed by atoms with Crippen LogP contribution in [0, 0.1) is 6.92 Å². The third-order valence-corrected chi connectivity index (χ3v) is 4.17. The van der Waals surface area contributed by atoms with Crippen molar-refractivity contribution in [2.24, 2.45) is 0 Å². The van der Waals surface area contributed by atoms with Crippen LogP contribution in [-0.4, -0.2) is 22.0 Å². The van der Waals surface area contributed by atoms with Crippen molar-refractivity contribution in [2.45, 2.75) is 39.3 Å². The molecule has 0 spiro atoms. The number of methoxy groups -OCH3 is 1. The largest absolute Gasteiger partial charge is 0.497 e. The molecule has 1 unspecified atom stereocenters. The number of rotatable bonds is 5. The van der Waals surface area contributed by atoms with Gasteiger partial charge in [-0.15, -0.1) is 0 Å². The van der Waals surface area contributed by atoms with Crippen molar-refractivity contribution in [3.8, 4) is 5.75 Å². The van der Waals surface area contributed by atoms with E-state index in [2.05, 4.69) is 5.10 Å². The molecule has 0 aliphatic heterocycles. The van der Waals surface area contributed by atoms with Crippen LogP contribution in [0.25, 0.3) is 0 Å². The minimum Gasteiger partial charge on any atom is -0.497 e. The topological polar surface area (TPSA) is 47.3 Å². The Morgan fingerprint density at radius 2 is 1.95 bits per heavy atom. The standard InChI is InChI=1S/C16H21ClN2O2/c1-5-19-14(15(17)11(2)18-19)10-16(3,20)12-6-8-13(21-4)9-7-12/h6-9,20H,5,10H2,1-4H3. The first kappa shape index (κ1) is 15.9. The molecule has 0 amide bonds. The zero-order valence-electron chi connectivity index (χ0n) is 12.9. The highest BCUT2D eigenvalue weighted by molar-refractivity contribution is 6.31. The number of aliphatic hydroxyl groups is 1. The zero-order valence-corrected chi connectivity index (χ0v) is 13.6. The molecular weight excluding hydrogens is 288 g/mol. The van der Waals surface area contributed by atoms with Crippen molar-refractivity contribution < 1.29 is 9.84 Å². The summed E-state index contributed by atoms with van der Waals surface area (Å²) in [5.74, 6) is 0.766. The lowest BCUT2D eigenvalue weighted by Gasteiger charge is -2.24. The Morgan fingerprint density at radius 1 is 1.33 bits per heavy atom. The highest BCUT2D eigenvalue weighted by Gasteiger charge is 2.27. The number of aryl methyl sites for hydroxylation is 2. The summed E-state index contributed by atoms with van der Waals surface area (Å²) in [6.07, 6.45) is 0.410. The molecule has 4 nitrogen and oxygen atoms in total. The second-order valence-corrected chi connectivity index (χ2v) is 5.72. The minimum absolute atomic E-state index is 0.410. The van der Waals surface area contributed by atoms with Crippen molar-refractivity contribution in [1.29, 1.82) is 0 Å². The quantitative estimate of drug-likeness (QED) is 0.921. The van der Waals surface area contributed by atoms with Crippen molar-refractivity contribution in [2.75, 3.05) is 7.11 Å². The van der Waals surface area contributed by atoms with E-state index in [-0.39, 0.29) is 0 Å². The number of halogens is 1. The van der Waals surface area contributed by atoms with E-state index in [4.69, 9.17) is 16.3 Å². The number of hydrogen-bond acceptors (Lipinski definition) is 3. The molecular formula is C16H21ClN2O2. The molecule has 5 heteroatoms. The van der Waals surface area contributed by atoms with Crippen LogP contribution in [0.1, 0.15) is 30.8 Å². The second kappa shape index (κ2) is 6.08. The van der Waals surface area contributed by atoms with Gasteiger partial charge in [0.15, 0.2) is 0 Å². The monoisotopic (exact) mass is 308 g/mol. The maximum atomic E-state index is 10.8. The van der Waals surface area contributed by atoms with E-state index >= 15 is 0 Å². The summed E-state index contributed by atoms with van der Waals surface area (Å²) in [6.45, 7) is 6.39. The van der Waals surface area contributed by atoms with Crippen LogP contribution in [0.15, 0.2) is 24.3 Å². The Kier molecular flexibility index (Phi) is 4.59. The number of ether oxygens (including phenoxy) is 1. The van der Waals surface area contributed by atoms with Gasteiger partial charge in [0.2, 0.25) is 0 Å². The van der Waals surface area contributed by atoms with E-state index in [1.807, 2.05) is 42.8 Å².